The molecule has 0 bridgehead atoms. The van der Waals surface area contributed by atoms with Gasteiger partial charge in [0, 0.05) is 30.8 Å². The number of furan rings is 1. The van der Waals surface area contributed by atoms with Crippen molar-refractivity contribution in [1.82, 2.24) is 4.90 Å². The Kier molecular flexibility index (Phi) is 5.24. The average Bonchev–Trinajstić information content (AvgIpc) is 3.31. The average molecular weight is 419 g/mol. The Labute approximate surface area is 176 Å². The predicted molar refractivity (Wildman–Crippen MR) is 117 cm³/mol. The van der Waals surface area contributed by atoms with Crippen LogP contribution >= 0.6 is 11.8 Å². The van der Waals surface area contributed by atoms with E-state index in [4.69, 9.17) is 4.42 Å². The number of non-ortho nitro benzene ring substituents is 1. The molecule has 2 aromatic carbocycles. The summed E-state index contributed by atoms with van der Waals surface area (Å²) in [7, 11) is 1.69. The highest BCUT2D eigenvalue weighted by atomic mass is 32.2. The van der Waals surface area contributed by atoms with E-state index in [1.165, 1.54) is 28.8 Å². The Hall–Kier alpha value is -3.65. The molecule has 2 heterocycles. The SMILES string of the molecule is Cc1ccc(N=C2S/C(=C/c3ccc(-c4ccc([N+](=O)[O-])cc4)o3)C(=O)N2C)cc1. The summed E-state index contributed by atoms with van der Waals surface area (Å²) < 4.78 is 5.81. The molecule has 1 aromatic heterocycles. The molecule has 0 radical (unpaired) electrons. The van der Waals surface area contributed by atoms with Crippen LogP contribution in [-0.2, 0) is 4.79 Å². The second-order valence-electron chi connectivity index (χ2n) is 6.71. The molecule has 3 aromatic rings. The summed E-state index contributed by atoms with van der Waals surface area (Å²) in [5.74, 6) is 0.928. The molecule has 30 heavy (non-hydrogen) atoms. The first-order valence-corrected chi connectivity index (χ1v) is 9.90. The molecule has 1 fully saturated rings. The van der Waals surface area contributed by atoms with Gasteiger partial charge in [0.1, 0.15) is 11.5 Å². The summed E-state index contributed by atoms with van der Waals surface area (Å²) >= 11 is 1.28. The number of hydrogen-bond donors (Lipinski definition) is 0. The third kappa shape index (κ3) is 4.04. The van der Waals surface area contributed by atoms with E-state index < -0.39 is 4.92 Å². The van der Waals surface area contributed by atoms with Gasteiger partial charge in [-0.15, -0.1) is 0 Å². The monoisotopic (exact) mass is 419 g/mol. The molecular formula is C22H17N3O4S. The van der Waals surface area contributed by atoms with Crippen LogP contribution in [0.5, 0.6) is 0 Å². The minimum Gasteiger partial charge on any atom is -0.457 e. The van der Waals surface area contributed by atoms with Crippen LogP contribution < -0.4 is 0 Å². The summed E-state index contributed by atoms with van der Waals surface area (Å²) in [6.07, 6.45) is 1.68. The highest BCUT2D eigenvalue weighted by molar-refractivity contribution is 8.18. The number of nitro groups is 1. The maximum Gasteiger partial charge on any atom is 0.269 e. The number of amidine groups is 1. The first-order valence-electron chi connectivity index (χ1n) is 9.08. The van der Waals surface area contributed by atoms with Crippen molar-refractivity contribution in [3.8, 4) is 11.3 Å². The molecule has 1 amide bonds. The molecular weight excluding hydrogens is 402 g/mol. The molecule has 0 N–H and O–H groups in total. The van der Waals surface area contributed by atoms with Crippen molar-refractivity contribution in [3.63, 3.8) is 0 Å². The van der Waals surface area contributed by atoms with E-state index in [-0.39, 0.29) is 11.6 Å². The van der Waals surface area contributed by atoms with Gasteiger partial charge in [-0.25, -0.2) is 4.99 Å². The van der Waals surface area contributed by atoms with Crippen LogP contribution in [0.3, 0.4) is 0 Å². The molecule has 150 valence electrons. The Morgan fingerprint density at radius 1 is 1.07 bits per heavy atom. The van der Waals surface area contributed by atoms with Gasteiger partial charge < -0.3 is 4.42 Å². The van der Waals surface area contributed by atoms with Crippen molar-refractivity contribution in [3.05, 3.63) is 87.0 Å². The van der Waals surface area contributed by atoms with Gasteiger partial charge in [0.15, 0.2) is 5.17 Å². The number of amides is 1. The number of nitro benzene ring substituents is 1. The minimum absolute atomic E-state index is 0.0176. The first kappa shape index (κ1) is 19.7. The molecule has 0 atom stereocenters. The van der Waals surface area contributed by atoms with Crippen LogP contribution in [0.25, 0.3) is 17.4 Å². The smallest absolute Gasteiger partial charge is 0.269 e. The van der Waals surface area contributed by atoms with Gasteiger partial charge in [-0.2, -0.15) is 0 Å². The van der Waals surface area contributed by atoms with Crippen molar-refractivity contribution in [2.75, 3.05) is 7.05 Å². The summed E-state index contributed by atoms with van der Waals surface area (Å²) in [5.41, 5.74) is 2.66. The number of hydrogen-bond acceptors (Lipinski definition) is 6. The number of aliphatic imine (C=N–C) groups is 1. The van der Waals surface area contributed by atoms with Crippen LogP contribution in [0.1, 0.15) is 11.3 Å². The van der Waals surface area contributed by atoms with Gasteiger partial charge in [-0.3, -0.25) is 19.8 Å². The molecule has 0 saturated carbocycles. The van der Waals surface area contributed by atoms with E-state index >= 15 is 0 Å². The number of benzene rings is 2. The number of thioether (sulfide) groups is 1. The third-order valence-corrected chi connectivity index (χ3v) is 5.59. The van der Waals surface area contributed by atoms with E-state index in [1.807, 2.05) is 31.2 Å². The van der Waals surface area contributed by atoms with Gasteiger partial charge in [-0.05, 0) is 55.1 Å². The lowest BCUT2D eigenvalue weighted by Gasteiger charge is -2.07. The fraction of sp³-hybridized carbons (Fsp3) is 0.0909. The number of carbonyl (C=O) groups excluding carboxylic acids is 1. The molecule has 0 unspecified atom stereocenters. The molecule has 0 aliphatic carbocycles. The summed E-state index contributed by atoms with van der Waals surface area (Å²) in [5, 5.41) is 11.4. The number of nitrogens with zero attached hydrogens (tertiary/aromatic N) is 3. The zero-order chi connectivity index (χ0) is 21.3. The van der Waals surface area contributed by atoms with Gasteiger partial charge in [0.25, 0.3) is 11.6 Å². The van der Waals surface area contributed by atoms with Crippen LogP contribution in [0, 0.1) is 17.0 Å². The quantitative estimate of drug-likeness (QED) is 0.321. The minimum atomic E-state index is -0.447. The summed E-state index contributed by atoms with van der Waals surface area (Å²) in [6.45, 7) is 2.01. The maximum absolute atomic E-state index is 12.6. The van der Waals surface area contributed by atoms with Crippen LogP contribution in [0.2, 0.25) is 0 Å². The van der Waals surface area contributed by atoms with Crippen molar-refractivity contribution < 1.29 is 14.1 Å². The second-order valence-corrected chi connectivity index (χ2v) is 7.72. The van der Waals surface area contributed by atoms with E-state index in [2.05, 4.69) is 4.99 Å². The first-order chi connectivity index (χ1) is 14.4. The molecule has 0 spiro atoms. The normalized spacial score (nSPS) is 16.6. The second kappa shape index (κ2) is 8.00. The largest absolute Gasteiger partial charge is 0.457 e. The Bertz CT molecular complexity index is 1180. The van der Waals surface area contributed by atoms with Crippen molar-refractivity contribution in [2.24, 2.45) is 4.99 Å². The number of rotatable bonds is 4. The number of carbonyl (C=O) groups is 1. The van der Waals surface area contributed by atoms with Gasteiger partial charge in [0.05, 0.1) is 15.5 Å². The topological polar surface area (TPSA) is 89.0 Å². The number of likely N-dealkylation sites (N-methyl/N-ethyl adjacent to an activating group) is 1. The number of aryl methyl sites for hydroxylation is 1. The maximum atomic E-state index is 12.6. The van der Waals surface area contributed by atoms with Gasteiger partial charge in [0.2, 0.25) is 0 Å². The standard InChI is InChI=1S/C22H17N3O4S/c1-14-3-7-16(8-4-14)23-22-24(2)21(26)20(30-22)13-18-11-12-19(29-18)15-5-9-17(10-6-15)25(27)28/h3-13H,1-2H3/b20-13+,23-22?. The van der Waals surface area contributed by atoms with E-state index in [1.54, 1.807) is 37.4 Å². The van der Waals surface area contributed by atoms with Crippen LogP contribution in [-0.4, -0.2) is 27.9 Å². The Balaban J connectivity index is 1.55. The third-order valence-electron chi connectivity index (χ3n) is 4.53. The van der Waals surface area contributed by atoms with E-state index in [0.717, 1.165) is 16.8 Å². The molecule has 7 nitrogen and oxygen atoms in total. The lowest BCUT2D eigenvalue weighted by molar-refractivity contribution is -0.384. The fourth-order valence-corrected chi connectivity index (χ4v) is 3.81. The Morgan fingerprint density at radius 2 is 1.77 bits per heavy atom. The molecule has 4 rings (SSSR count). The summed E-state index contributed by atoms with van der Waals surface area (Å²) in [6, 6.07) is 17.4. The zero-order valence-corrected chi connectivity index (χ0v) is 17.1. The molecule has 1 aliphatic heterocycles. The van der Waals surface area contributed by atoms with E-state index in [0.29, 0.717) is 21.6 Å². The van der Waals surface area contributed by atoms with E-state index in [9.17, 15) is 14.9 Å². The molecule has 8 heteroatoms. The van der Waals surface area contributed by atoms with Crippen LogP contribution in [0.15, 0.2) is 75.0 Å². The zero-order valence-electron chi connectivity index (χ0n) is 16.2. The highest BCUT2D eigenvalue weighted by Crippen LogP contribution is 2.34. The van der Waals surface area contributed by atoms with Gasteiger partial charge in [-0.1, -0.05) is 17.7 Å². The lowest BCUT2D eigenvalue weighted by atomic mass is 10.1. The lowest BCUT2D eigenvalue weighted by Crippen LogP contribution is -2.23. The van der Waals surface area contributed by atoms with Gasteiger partial charge >= 0.3 is 0 Å². The molecule has 1 saturated heterocycles. The van der Waals surface area contributed by atoms with Crippen molar-refractivity contribution in [1.29, 1.82) is 0 Å². The Morgan fingerprint density at radius 3 is 2.43 bits per heavy atom. The highest BCUT2D eigenvalue weighted by Gasteiger charge is 2.30. The van der Waals surface area contributed by atoms with Crippen molar-refractivity contribution in [2.45, 2.75) is 6.92 Å². The predicted octanol–water partition coefficient (Wildman–Crippen LogP) is 5.40. The fourth-order valence-electron chi connectivity index (χ4n) is 2.84. The van der Waals surface area contributed by atoms with Crippen molar-refractivity contribution >= 4 is 40.3 Å². The van der Waals surface area contributed by atoms with Crippen LogP contribution in [0.4, 0.5) is 11.4 Å². The summed E-state index contributed by atoms with van der Waals surface area (Å²) in [4.78, 5) is 29.5. The molecule has 1 aliphatic rings.